The van der Waals surface area contributed by atoms with Crippen LogP contribution in [0.4, 0.5) is 0 Å². The molecule has 100 valence electrons. The van der Waals surface area contributed by atoms with Crippen LogP contribution in [0.3, 0.4) is 0 Å². The van der Waals surface area contributed by atoms with E-state index in [-0.39, 0.29) is 11.9 Å². The van der Waals surface area contributed by atoms with Crippen molar-refractivity contribution < 1.29 is 4.79 Å². The number of hydrogen-bond donors (Lipinski definition) is 1. The molecule has 0 atom stereocenters. The molecular formula is C14H22N2OS. The van der Waals surface area contributed by atoms with Crippen molar-refractivity contribution in [1.29, 1.82) is 0 Å². The molecule has 2 rings (SSSR count). The maximum absolute atomic E-state index is 12.4. The van der Waals surface area contributed by atoms with Gasteiger partial charge in [-0.25, -0.2) is 0 Å². The van der Waals surface area contributed by atoms with Crippen LogP contribution in [0.1, 0.15) is 36.4 Å². The predicted octanol–water partition coefficient (Wildman–Crippen LogP) is 2.60. The van der Waals surface area contributed by atoms with Gasteiger partial charge < -0.3 is 10.2 Å². The van der Waals surface area contributed by atoms with Crippen LogP contribution in [0.15, 0.2) is 17.5 Å². The quantitative estimate of drug-likeness (QED) is 0.908. The molecule has 1 N–H and O–H groups in total. The van der Waals surface area contributed by atoms with Crippen molar-refractivity contribution in [3.63, 3.8) is 0 Å². The summed E-state index contributed by atoms with van der Waals surface area (Å²) in [7, 11) is 0. The number of thiophene rings is 1. The summed E-state index contributed by atoms with van der Waals surface area (Å²) in [5.74, 6) is 0.844. The molecule has 2 heterocycles. The Labute approximate surface area is 113 Å². The second-order valence-corrected chi connectivity index (χ2v) is 6.17. The first-order valence-electron chi connectivity index (χ1n) is 6.73. The van der Waals surface area contributed by atoms with Gasteiger partial charge >= 0.3 is 0 Å². The summed E-state index contributed by atoms with van der Waals surface area (Å²) in [6.45, 7) is 7.28. The zero-order valence-electron chi connectivity index (χ0n) is 11.2. The molecule has 3 nitrogen and oxygen atoms in total. The molecule has 1 aromatic heterocycles. The summed E-state index contributed by atoms with van der Waals surface area (Å²) < 4.78 is 0. The zero-order chi connectivity index (χ0) is 13.0. The molecule has 0 saturated carbocycles. The lowest BCUT2D eigenvalue weighted by molar-refractivity contribution is 0.0663. The lowest BCUT2D eigenvalue weighted by atomic mass is 9.97. The summed E-state index contributed by atoms with van der Waals surface area (Å²) in [5.41, 5.74) is 0. The van der Waals surface area contributed by atoms with E-state index in [0.29, 0.717) is 5.92 Å². The molecule has 0 radical (unpaired) electrons. The van der Waals surface area contributed by atoms with E-state index >= 15 is 0 Å². The maximum Gasteiger partial charge on any atom is 0.264 e. The summed E-state index contributed by atoms with van der Waals surface area (Å²) in [6, 6.07) is 4.14. The largest absolute Gasteiger partial charge is 0.335 e. The Hall–Kier alpha value is -0.870. The molecule has 0 unspecified atom stereocenters. The topological polar surface area (TPSA) is 32.3 Å². The number of rotatable bonds is 4. The maximum atomic E-state index is 12.4. The molecule has 1 aliphatic heterocycles. The number of carbonyl (C=O) groups is 1. The Morgan fingerprint density at radius 1 is 1.50 bits per heavy atom. The van der Waals surface area contributed by atoms with Crippen molar-refractivity contribution in [1.82, 2.24) is 10.2 Å². The van der Waals surface area contributed by atoms with Gasteiger partial charge in [0.1, 0.15) is 0 Å². The standard InChI is InChI=1S/C14H22N2OS/c1-11(2)16(10-12-5-7-15-8-6-12)14(17)13-4-3-9-18-13/h3-4,9,11-12,15H,5-8,10H2,1-2H3. The van der Waals surface area contributed by atoms with Gasteiger partial charge in [0.15, 0.2) is 0 Å². The molecule has 1 amide bonds. The van der Waals surface area contributed by atoms with Crippen LogP contribution in [0.2, 0.25) is 0 Å². The highest BCUT2D eigenvalue weighted by atomic mass is 32.1. The zero-order valence-corrected chi connectivity index (χ0v) is 12.0. The third-order valence-corrected chi connectivity index (χ3v) is 4.39. The average Bonchev–Trinajstić information content (AvgIpc) is 2.90. The predicted molar refractivity (Wildman–Crippen MR) is 76.1 cm³/mol. The van der Waals surface area contributed by atoms with Gasteiger partial charge in [0.25, 0.3) is 5.91 Å². The minimum absolute atomic E-state index is 0.193. The highest BCUT2D eigenvalue weighted by Crippen LogP contribution is 2.19. The smallest absolute Gasteiger partial charge is 0.264 e. The minimum atomic E-state index is 0.193. The van der Waals surface area contributed by atoms with Crippen LogP contribution < -0.4 is 5.32 Å². The molecule has 18 heavy (non-hydrogen) atoms. The molecule has 1 saturated heterocycles. The van der Waals surface area contributed by atoms with E-state index < -0.39 is 0 Å². The molecule has 0 spiro atoms. The van der Waals surface area contributed by atoms with Gasteiger partial charge in [-0.15, -0.1) is 11.3 Å². The van der Waals surface area contributed by atoms with Crippen molar-refractivity contribution in [2.45, 2.75) is 32.7 Å². The molecule has 1 aromatic rings. The summed E-state index contributed by atoms with van der Waals surface area (Å²) in [5, 5.41) is 5.34. The fraction of sp³-hybridized carbons (Fsp3) is 0.643. The van der Waals surface area contributed by atoms with E-state index in [1.807, 2.05) is 22.4 Å². The van der Waals surface area contributed by atoms with Crippen molar-refractivity contribution in [3.05, 3.63) is 22.4 Å². The highest BCUT2D eigenvalue weighted by molar-refractivity contribution is 7.12. The van der Waals surface area contributed by atoms with Gasteiger partial charge in [-0.1, -0.05) is 6.07 Å². The molecule has 1 aliphatic rings. The van der Waals surface area contributed by atoms with E-state index in [9.17, 15) is 4.79 Å². The van der Waals surface area contributed by atoms with Crippen LogP contribution >= 0.6 is 11.3 Å². The average molecular weight is 266 g/mol. The summed E-state index contributed by atoms with van der Waals surface area (Å²) in [4.78, 5) is 15.3. The number of nitrogens with one attached hydrogen (secondary N) is 1. The molecule has 0 aliphatic carbocycles. The van der Waals surface area contributed by atoms with Crippen LogP contribution in [0, 0.1) is 5.92 Å². The first-order valence-corrected chi connectivity index (χ1v) is 7.61. The van der Waals surface area contributed by atoms with Gasteiger partial charge in [-0.3, -0.25) is 4.79 Å². The number of carbonyl (C=O) groups excluding carboxylic acids is 1. The number of hydrogen-bond acceptors (Lipinski definition) is 3. The SMILES string of the molecule is CC(C)N(CC1CCNCC1)C(=O)c1cccs1. The Morgan fingerprint density at radius 3 is 2.78 bits per heavy atom. The second-order valence-electron chi connectivity index (χ2n) is 5.22. The van der Waals surface area contributed by atoms with Crippen LogP contribution in [0.25, 0.3) is 0 Å². The van der Waals surface area contributed by atoms with Crippen LogP contribution in [-0.2, 0) is 0 Å². The normalized spacial score (nSPS) is 17.1. The van der Waals surface area contributed by atoms with Crippen molar-refractivity contribution in [2.75, 3.05) is 19.6 Å². The van der Waals surface area contributed by atoms with E-state index in [1.54, 1.807) is 0 Å². The van der Waals surface area contributed by atoms with Gasteiger partial charge in [-0.05, 0) is 57.1 Å². The third-order valence-electron chi connectivity index (χ3n) is 3.53. The van der Waals surface area contributed by atoms with Gasteiger partial charge in [0.05, 0.1) is 4.88 Å². The number of amides is 1. The van der Waals surface area contributed by atoms with Gasteiger partial charge in [0.2, 0.25) is 0 Å². The highest BCUT2D eigenvalue weighted by Gasteiger charge is 2.24. The van der Waals surface area contributed by atoms with E-state index in [4.69, 9.17) is 0 Å². The van der Waals surface area contributed by atoms with Crippen molar-refractivity contribution in [3.8, 4) is 0 Å². The van der Waals surface area contributed by atoms with Crippen LogP contribution in [-0.4, -0.2) is 36.5 Å². The molecule has 0 bridgehead atoms. The van der Waals surface area contributed by atoms with E-state index in [0.717, 1.165) is 24.5 Å². The van der Waals surface area contributed by atoms with Crippen molar-refractivity contribution in [2.24, 2.45) is 5.92 Å². The van der Waals surface area contributed by atoms with Crippen molar-refractivity contribution >= 4 is 17.2 Å². The molecule has 1 fully saturated rings. The lowest BCUT2D eigenvalue weighted by Crippen LogP contribution is -2.42. The summed E-state index contributed by atoms with van der Waals surface area (Å²) in [6.07, 6.45) is 2.36. The molecule has 4 heteroatoms. The van der Waals surface area contributed by atoms with E-state index in [2.05, 4.69) is 19.2 Å². The minimum Gasteiger partial charge on any atom is -0.335 e. The Morgan fingerprint density at radius 2 is 2.22 bits per heavy atom. The Balaban J connectivity index is 2.01. The second kappa shape index (κ2) is 6.34. The third kappa shape index (κ3) is 3.33. The van der Waals surface area contributed by atoms with E-state index in [1.165, 1.54) is 24.2 Å². The van der Waals surface area contributed by atoms with Gasteiger partial charge in [0, 0.05) is 12.6 Å². The first kappa shape index (κ1) is 13.6. The monoisotopic (exact) mass is 266 g/mol. The number of piperidine rings is 1. The fourth-order valence-corrected chi connectivity index (χ4v) is 3.09. The first-order chi connectivity index (χ1) is 8.68. The molecule has 0 aromatic carbocycles. The number of nitrogens with zero attached hydrogens (tertiary/aromatic N) is 1. The fourth-order valence-electron chi connectivity index (χ4n) is 2.41. The van der Waals surface area contributed by atoms with Crippen LogP contribution in [0.5, 0.6) is 0 Å². The summed E-state index contributed by atoms with van der Waals surface area (Å²) >= 11 is 1.54. The Bertz CT molecular complexity index is 369. The molecular weight excluding hydrogens is 244 g/mol. The lowest BCUT2D eigenvalue weighted by Gasteiger charge is -2.32. The Kier molecular flexibility index (Phi) is 4.78. The van der Waals surface area contributed by atoms with Gasteiger partial charge in [-0.2, -0.15) is 0 Å².